The van der Waals surface area contributed by atoms with Crippen LogP contribution in [-0.4, -0.2) is 35.9 Å². The van der Waals surface area contributed by atoms with Crippen molar-refractivity contribution >= 4 is 39.3 Å². The van der Waals surface area contributed by atoms with Crippen molar-refractivity contribution in [3.05, 3.63) is 64.1 Å². The number of likely N-dealkylation sites (N-methyl/N-ethyl adjacent to an activating group) is 1. The Bertz CT molecular complexity index is 904. The first kappa shape index (κ1) is 20.0. The van der Waals surface area contributed by atoms with Gasteiger partial charge in [-0.1, -0.05) is 46.3 Å². The van der Waals surface area contributed by atoms with Crippen LogP contribution in [0.2, 0.25) is 0 Å². The lowest BCUT2D eigenvalue weighted by Crippen LogP contribution is -2.45. The van der Waals surface area contributed by atoms with Gasteiger partial charge in [-0.05, 0) is 30.7 Å². The molecule has 1 aliphatic heterocycles. The van der Waals surface area contributed by atoms with Gasteiger partial charge in [0.2, 0.25) is 0 Å². The largest absolute Gasteiger partial charge is 0.387 e. The van der Waals surface area contributed by atoms with E-state index in [9.17, 15) is 19.5 Å². The molecule has 0 spiro atoms. The highest BCUT2D eigenvalue weighted by Crippen LogP contribution is 2.37. The molecule has 7 nitrogen and oxygen atoms in total. The molecule has 2 aromatic carbocycles. The monoisotopic (exact) mass is 445 g/mol. The van der Waals surface area contributed by atoms with Crippen LogP contribution in [0.25, 0.3) is 0 Å². The molecule has 1 heterocycles. The van der Waals surface area contributed by atoms with E-state index in [2.05, 4.69) is 26.6 Å². The van der Waals surface area contributed by atoms with E-state index in [1.807, 2.05) is 19.1 Å². The summed E-state index contributed by atoms with van der Waals surface area (Å²) in [5, 5.41) is 15.0. The lowest BCUT2D eigenvalue weighted by Gasteiger charge is -2.16. The topological polar surface area (TPSA) is 98.7 Å². The van der Waals surface area contributed by atoms with Gasteiger partial charge in [0, 0.05) is 28.8 Å². The van der Waals surface area contributed by atoms with Crippen LogP contribution in [0.4, 0.5) is 5.69 Å². The Balaban J connectivity index is 1.65. The summed E-state index contributed by atoms with van der Waals surface area (Å²) in [5.74, 6) is -2.13. The molecule has 0 aliphatic carbocycles. The summed E-state index contributed by atoms with van der Waals surface area (Å²) in [6.45, 7) is 2.18. The molecule has 0 saturated carbocycles. The predicted octanol–water partition coefficient (Wildman–Crippen LogP) is 1.82. The van der Waals surface area contributed by atoms with Crippen LogP contribution in [0.3, 0.4) is 0 Å². The van der Waals surface area contributed by atoms with Gasteiger partial charge in [-0.15, -0.1) is 0 Å². The second kappa shape index (κ2) is 8.53. The Kier molecular flexibility index (Phi) is 6.11. The highest BCUT2D eigenvalue weighted by Gasteiger charge is 2.38. The minimum atomic E-state index is -0.932. The fourth-order valence-corrected chi connectivity index (χ4v) is 3.51. The van der Waals surface area contributed by atoms with Crippen LogP contribution in [0.5, 0.6) is 0 Å². The van der Waals surface area contributed by atoms with Gasteiger partial charge in [-0.2, -0.15) is 0 Å². The van der Waals surface area contributed by atoms with E-state index in [4.69, 9.17) is 0 Å². The molecule has 0 saturated heterocycles. The second-order valence-electron chi connectivity index (χ2n) is 6.33. The highest BCUT2D eigenvalue weighted by atomic mass is 79.9. The molecular weight excluding hydrogens is 426 g/mol. The third-order valence-corrected chi connectivity index (χ3v) is 5.04. The van der Waals surface area contributed by atoms with Crippen LogP contribution in [0.15, 0.2) is 53.0 Å². The van der Waals surface area contributed by atoms with Crippen molar-refractivity contribution in [1.29, 1.82) is 0 Å². The van der Waals surface area contributed by atoms with Crippen molar-refractivity contribution in [2.45, 2.75) is 19.1 Å². The SMILES string of the molecule is CCN1C(=O)[C@@H](NC(=O)C(=O)NC[C@@H](O)c2ccccc2)c2cc(Br)ccc21. The Labute approximate surface area is 170 Å². The van der Waals surface area contributed by atoms with E-state index in [0.717, 1.165) is 4.47 Å². The number of carbonyl (C=O) groups is 3. The van der Waals surface area contributed by atoms with Gasteiger partial charge < -0.3 is 20.6 Å². The first-order chi connectivity index (χ1) is 13.4. The zero-order chi connectivity index (χ0) is 20.3. The summed E-state index contributed by atoms with van der Waals surface area (Å²) < 4.78 is 0.770. The number of aliphatic hydroxyl groups excluding tert-OH is 1. The molecule has 146 valence electrons. The van der Waals surface area contributed by atoms with Gasteiger partial charge in [0.05, 0.1) is 6.10 Å². The van der Waals surface area contributed by atoms with E-state index in [1.54, 1.807) is 41.3 Å². The molecule has 0 fully saturated rings. The van der Waals surface area contributed by atoms with Crippen molar-refractivity contribution < 1.29 is 19.5 Å². The normalized spacial score (nSPS) is 16.5. The second-order valence-corrected chi connectivity index (χ2v) is 7.24. The van der Waals surface area contributed by atoms with Crippen LogP contribution in [0, 0.1) is 0 Å². The van der Waals surface area contributed by atoms with Crippen molar-refractivity contribution in [2.75, 3.05) is 18.0 Å². The predicted molar refractivity (Wildman–Crippen MR) is 107 cm³/mol. The molecule has 0 aromatic heterocycles. The van der Waals surface area contributed by atoms with Crippen LogP contribution >= 0.6 is 15.9 Å². The average molecular weight is 446 g/mol. The standard InChI is InChI=1S/C20H20BrN3O4/c1-2-24-15-9-8-13(21)10-14(15)17(20(24)28)23-19(27)18(26)22-11-16(25)12-6-4-3-5-7-12/h3-10,16-17,25H,2,11H2,1H3,(H,22,26)(H,23,27)/t16-,17+/m1/s1. The summed E-state index contributed by atoms with van der Waals surface area (Å²) in [5.41, 5.74) is 1.97. The summed E-state index contributed by atoms with van der Waals surface area (Å²) in [7, 11) is 0. The lowest BCUT2D eigenvalue weighted by atomic mass is 10.1. The van der Waals surface area contributed by atoms with Gasteiger partial charge >= 0.3 is 11.8 Å². The van der Waals surface area contributed by atoms with E-state index in [-0.39, 0.29) is 12.5 Å². The lowest BCUT2D eigenvalue weighted by molar-refractivity contribution is -0.140. The highest BCUT2D eigenvalue weighted by molar-refractivity contribution is 9.10. The van der Waals surface area contributed by atoms with Gasteiger partial charge in [-0.25, -0.2) is 0 Å². The molecule has 0 radical (unpaired) electrons. The third kappa shape index (κ3) is 4.07. The molecular formula is C20H20BrN3O4. The fourth-order valence-electron chi connectivity index (χ4n) is 3.13. The van der Waals surface area contributed by atoms with Crippen molar-refractivity contribution in [3.63, 3.8) is 0 Å². The number of hydrogen-bond acceptors (Lipinski definition) is 4. The van der Waals surface area contributed by atoms with Crippen molar-refractivity contribution in [3.8, 4) is 0 Å². The number of carbonyl (C=O) groups excluding carboxylic acids is 3. The summed E-state index contributed by atoms with van der Waals surface area (Å²) in [6, 6.07) is 13.2. The summed E-state index contributed by atoms with van der Waals surface area (Å²) in [4.78, 5) is 38.6. The maximum Gasteiger partial charge on any atom is 0.310 e. The smallest absolute Gasteiger partial charge is 0.310 e. The van der Waals surface area contributed by atoms with Crippen LogP contribution < -0.4 is 15.5 Å². The van der Waals surface area contributed by atoms with Crippen molar-refractivity contribution in [2.24, 2.45) is 0 Å². The molecule has 1 aliphatic rings. The summed E-state index contributed by atoms with van der Waals surface area (Å²) in [6.07, 6.45) is -0.932. The molecule has 0 unspecified atom stereocenters. The molecule has 3 rings (SSSR count). The fraction of sp³-hybridized carbons (Fsp3) is 0.250. The minimum Gasteiger partial charge on any atom is -0.387 e. The summed E-state index contributed by atoms with van der Waals surface area (Å²) >= 11 is 3.36. The van der Waals surface area contributed by atoms with E-state index >= 15 is 0 Å². The number of halogens is 1. The van der Waals surface area contributed by atoms with Crippen LogP contribution in [-0.2, 0) is 14.4 Å². The molecule has 8 heteroatoms. The van der Waals surface area contributed by atoms with E-state index in [0.29, 0.717) is 23.4 Å². The number of aliphatic hydroxyl groups is 1. The molecule has 2 atom stereocenters. The minimum absolute atomic E-state index is 0.113. The van der Waals surface area contributed by atoms with Gasteiger partial charge in [0.1, 0.15) is 6.04 Å². The molecule has 3 N–H and O–H groups in total. The number of nitrogens with zero attached hydrogens (tertiary/aromatic N) is 1. The number of benzene rings is 2. The van der Waals surface area contributed by atoms with Gasteiger partial charge in [0.25, 0.3) is 5.91 Å². The quantitative estimate of drug-likeness (QED) is 0.611. The third-order valence-electron chi connectivity index (χ3n) is 4.54. The van der Waals surface area contributed by atoms with Gasteiger partial charge in [-0.3, -0.25) is 14.4 Å². The number of fused-ring (bicyclic) bond motifs is 1. The molecule has 2 aromatic rings. The number of anilines is 1. The first-order valence-electron chi connectivity index (χ1n) is 8.85. The Morgan fingerprint density at radius 1 is 1.18 bits per heavy atom. The maximum atomic E-state index is 12.6. The number of amides is 3. The Hall–Kier alpha value is -2.71. The van der Waals surface area contributed by atoms with Crippen molar-refractivity contribution in [1.82, 2.24) is 10.6 Å². The Morgan fingerprint density at radius 3 is 2.57 bits per heavy atom. The van der Waals surface area contributed by atoms with Gasteiger partial charge in [0.15, 0.2) is 0 Å². The molecule has 3 amide bonds. The maximum absolute atomic E-state index is 12.6. The number of nitrogens with one attached hydrogen (secondary N) is 2. The number of hydrogen-bond donors (Lipinski definition) is 3. The average Bonchev–Trinajstić information content (AvgIpc) is 2.96. The zero-order valence-electron chi connectivity index (χ0n) is 15.2. The molecule has 28 heavy (non-hydrogen) atoms. The van der Waals surface area contributed by atoms with E-state index in [1.165, 1.54) is 0 Å². The number of rotatable bonds is 5. The first-order valence-corrected chi connectivity index (χ1v) is 9.64. The van der Waals surface area contributed by atoms with Crippen LogP contribution in [0.1, 0.15) is 30.2 Å². The van der Waals surface area contributed by atoms with E-state index < -0.39 is 24.0 Å². The Morgan fingerprint density at radius 2 is 1.89 bits per heavy atom. The molecule has 0 bridgehead atoms. The zero-order valence-corrected chi connectivity index (χ0v) is 16.8.